The smallest absolute Gasteiger partial charge is 0.408 e. The normalized spacial score (nSPS) is 12.2. The molecule has 1 aromatic heterocycles. The van der Waals surface area contributed by atoms with Gasteiger partial charge in [0.25, 0.3) is 0 Å². The van der Waals surface area contributed by atoms with E-state index in [0.29, 0.717) is 5.56 Å². The molecule has 23 heavy (non-hydrogen) atoms. The van der Waals surface area contributed by atoms with Crippen molar-refractivity contribution in [1.29, 1.82) is 0 Å². The van der Waals surface area contributed by atoms with Crippen LogP contribution >= 0.6 is 0 Å². The second-order valence-electron chi connectivity index (χ2n) is 6.09. The van der Waals surface area contributed by atoms with Crippen LogP contribution in [0.2, 0.25) is 0 Å². The van der Waals surface area contributed by atoms with E-state index in [1.54, 1.807) is 40.8 Å². The number of hydrogen-bond donors (Lipinski definition) is 1. The van der Waals surface area contributed by atoms with E-state index in [9.17, 15) is 14.4 Å². The third-order valence-corrected chi connectivity index (χ3v) is 2.67. The number of carbonyl (C=O) groups is 3. The monoisotopic (exact) mass is 320 g/mol. The number of alkyl carbamates (subject to hydrolysis) is 1. The molecule has 0 fully saturated rings. The highest BCUT2D eigenvalue weighted by atomic mass is 16.6. The van der Waals surface area contributed by atoms with Crippen molar-refractivity contribution >= 4 is 31.3 Å². The fourth-order valence-corrected chi connectivity index (χ4v) is 1.52. The van der Waals surface area contributed by atoms with Crippen molar-refractivity contribution in [2.45, 2.75) is 39.3 Å². The largest absolute Gasteiger partial charge is 0.456 e. The van der Waals surface area contributed by atoms with E-state index in [2.05, 4.69) is 10.3 Å². The summed E-state index contributed by atoms with van der Waals surface area (Å²) in [5, 5.41) is 2.35. The van der Waals surface area contributed by atoms with Crippen LogP contribution in [0.3, 0.4) is 0 Å². The quantitative estimate of drug-likeness (QED) is 0.465. The molecule has 0 aromatic carbocycles. The molecular formula is C15H21BN2O5. The number of hydrogen-bond acceptors (Lipinski definition) is 6. The number of ketones is 1. The van der Waals surface area contributed by atoms with E-state index in [4.69, 9.17) is 9.47 Å². The molecular weight excluding hydrogens is 299 g/mol. The molecule has 0 unspecified atom stereocenters. The molecule has 1 heterocycles. The van der Waals surface area contributed by atoms with E-state index in [0.717, 1.165) is 5.59 Å². The molecule has 1 atom stereocenters. The van der Waals surface area contributed by atoms with Crippen LogP contribution in [0.15, 0.2) is 18.3 Å². The summed E-state index contributed by atoms with van der Waals surface area (Å²) < 4.78 is 9.93. The number of aromatic nitrogens is 1. The van der Waals surface area contributed by atoms with Crippen LogP contribution in [0.4, 0.5) is 4.79 Å². The van der Waals surface area contributed by atoms with Crippen molar-refractivity contribution in [2.75, 3.05) is 6.61 Å². The van der Waals surface area contributed by atoms with Crippen LogP contribution in [0, 0.1) is 0 Å². The first-order chi connectivity index (χ1) is 10.6. The van der Waals surface area contributed by atoms with Gasteiger partial charge in [-0.25, -0.2) is 9.59 Å². The molecule has 0 bridgehead atoms. The Morgan fingerprint density at radius 2 is 1.96 bits per heavy atom. The summed E-state index contributed by atoms with van der Waals surface area (Å²) in [5.74, 6) is -1.08. The fourth-order valence-electron chi connectivity index (χ4n) is 1.52. The Morgan fingerprint density at radius 3 is 2.48 bits per heavy atom. The zero-order valence-electron chi connectivity index (χ0n) is 14.0. The molecule has 1 aromatic rings. The minimum Gasteiger partial charge on any atom is -0.456 e. The van der Waals surface area contributed by atoms with Gasteiger partial charge in [-0.2, -0.15) is 0 Å². The minimum atomic E-state index is -0.922. The number of Topliss-reactive ketones (excluding diaryl/α,β-unsaturated/α-hetero) is 1. The second-order valence-corrected chi connectivity index (χ2v) is 6.09. The summed E-state index contributed by atoms with van der Waals surface area (Å²) in [6, 6.07) is 2.39. The highest BCUT2D eigenvalue weighted by Crippen LogP contribution is 2.07. The first kappa shape index (κ1) is 18.7. The van der Waals surface area contributed by atoms with Crippen molar-refractivity contribution in [3.05, 3.63) is 23.9 Å². The third kappa shape index (κ3) is 6.95. The second kappa shape index (κ2) is 7.76. The topological polar surface area (TPSA) is 94.6 Å². The molecule has 0 aliphatic heterocycles. The first-order valence-electron chi connectivity index (χ1n) is 7.20. The lowest BCUT2D eigenvalue weighted by Gasteiger charge is -2.21. The van der Waals surface area contributed by atoms with E-state index in [-0.39, 0.29) is 5.78 Å². The lowest BCUT2D eigenvalue weighted by atomic mass is 10.0. The number of esters is 1. The maximum atomic E-state index is 11.9. The van der Waals surface area contributed by atoms with Gasteiger partial charge in [-0.3, -0.25) is 9.78 Å². The Morgan fingerprint density at radius 1 is 1.30 bits per heavy atom. The van der Waals surface area contributed by atoms with Gasteiger partial charge >= 0.3 is 12.1 Å². The predicted molar refractivity (Wildman–Crippen MR) is 86.5 cm³/mol. The molecule has 0 aliphatic rings. The molecule has 7 nitrogen and oxygen atoms in total. The van der Waals surface area contributed by atoms with Gasteiger partial charge < -0.3 is 14.8 Å². The van der Waals surface area contributed by atoms with Crippen molar-refractivity contribution in [3.8, 4) is 0 Å². The number of amides is 1. The van der Waals surface area contributed by atoms with Gasteiger partial charge in [0.05, 0.1) is 0 Å². The van der Waals surface area contributed by atoms with Gasteiger partial charge in [0.1, 0.15) is 11.6 Å². The summed E-state index contributed by atoms with van der Waals surface area (Å²) in [7, 11) is 1.80. The average molecular weight is 320 g/mol. The Hall–Kier alpha value is -2.38. The van der Waals surface area contributed by atoms with Gasteiger partial charge in [-0.15, -0.1) is 0 Å². The van der Waals surface area contributed by atoms with Crippen LogP contribution in [-0.4, -0.2) is 48.9 Å². The summed E-state index contributed by atoms with van der Waals surface area (Å²) in [5.41, 5.74) is 0.479. The van der Waals surface area contributed by atoms with Crippen LogP contribution in [0.1, 0.15) is 38.1 Å². The number of nitrogens with one attached hydrogen (secondary N) is 1. The van der Waals surface area contributed by atoms with E-state index in [1.807, 2.05) is 0 Å². The fraction of sp³-hybridized carbons (Fsp3) is 0.467. The zero-order chi connectivity index (χ0) is 17.6. The molecule has 0 saturated heterocycles. The van der Waals surface area contributed by atoms with Gasteiger partial charge in [-0.05, 0) is 39.4 Å². The average Bonchev–Trinajstić information content (AvgIpc) is 2.42. The number of ether oxygens (including phenoxy) is 2. The summed E-state index contributed by atoms with van der Waals surface area (Å²) >= 11 is 0. The highest BCUT2D eigenvalue weighted by molar-refractivity contribution is 6.30. The molecule has 1 amide bonds. The van der Waals surface area contributed by atoms with Gasteiger partial charge in [-0.1, -0.05) is 6.07 Å². The summed E-state index contributed by atoms with van der Waals surface area (Å²) in [6.45, 7) is 6.17. The van der Waals surface area contributed by atoms with E-state index < -0.39 is 30.3 Å². The van der Waals surface area contributed by atoms with E-state index in [1.165, 1.54) is 13.1 Å². The maximum Gasteiger partial charge on any atom is 0.408 e. The van der Waals surface area contributed by atoms with Crippen LogP contribution < -0.4 is 10.9 Å². The summed E-state index contributed by atoms with van der Waals surface area (Å²) in [6.07, 6.45) is 0.699. The van der Waals surface area contributed by atoms with Gasteiger partial charge in [0, 0.05) is 11.8 Å². The Kier molecular flexibility index (Phi) is 6.30. The molecule has 124 valence electrons. The number of carbonyl (C=O) groups excluding carboxylic acids is 3. The van der Waals surface area contributed by atoms with Crippen molar-refractivity contribution in [1.82, 2.24) is 10.3 Å². The third-order valence-electron chi connectivity index (χ3n) is 2.67. The summed E-state index contributed by atoms with van der Waals surface area (Å²) in [4.78, 5) is 39.2. The minimum absolute atomic E-state index is 0.358. The van der Waals surface area contributed by atoms with E-state index >= 15 is 0 Å². The Bertz CT molecular complexity index is 581. The highest BCUT2D eigenvalue weighted by Gasteiger charge is 2.22. The number of pyridine rings is 1. The SMILES string of the molecule is Bc1ccc(C(=O)COC(=O)[C@H](C)NC(=O)OC(C)(C)C)cn1. The molecule has 8 heteroatoms. The van der Waals surface area contributed by atoms with Crippen molar-refractivity contribution in [3.63, 3.8) is 0 Å². The number of rotatable bonds is 5. The van der Waals surface area contributed by atoms with Crippen molar-refractivity contribution in [2.24, 2.45) is 0 Å². The zero-order valence-corrected chi connectivity index (χ0v) is 14.0. The van der Waals surface area contributed by atoms with Gasteiger partial charge in [0.2, 0.25) is 5.78 Å². The van der Waals surface area contributed by atoms with Crippen molar-refractivity contribution < 1.29 is 23.9 Å². The number of nitrogens with zero attached hydrogens (tertiary/aromatic N) is 1. The molecule has 1 N–H and O–H groups in total. The van der Waals surface area contributed by atoms with Crippen LogP contribution in [-0.2, 0) is 14.3 Å². The van der Waals surface area contributed by atoms with Gasteiger partial charge in [0.15, 0.2) is 14.5 Å². The molecule has 0 aliphatic carbocycles. The molecule has 0 spiro atoms. The maximum absolute atomic E-state index is 11.9. The molecule has 0 radical (unpaired) electrons. The Labute approximate surface area is 136 Å². The lowest BCUT2D eigenvalue weighted by molar-refractivity contribution is -0.144. The molecule has 0 saturated carbocycles. The molecule has 1 rings (SSSR count). The standard InChI is InChI=1S/C15H21BN2O5/c1-9(18-14(21)23-15(2,3)4)13(20)22-8-11(19)10-5-6-12(16)17-7-10/h5-7,9H,8,16H2,1-4H3,(H,18,21)/t9-/m0/s1. The predicted octanol–water partition coefficient (Wildman–Crippen LogP) is -0.0209. The first-order valence-corrected chi connectivity index (χ1v) is 7.20. The van der Waals surface area contributed by atoms with Crippen LogP contribution in [0.5, 0.6) is 0 Å². The van der Waals surface area contributed by atoms with Crippen LogP contribution in [0.25, 0.3) is 0 Å². The lowest BCUT2D eigenvalue weighted by Crippen LogP contribution is -2.42. The Balaban J connectivity index is 2.45.